The van der Waals surface area contributed by atoms with Crippen LogP contribution in [0.25, 0.3) is 0 Å². The van der Waals surface area contributed by atoms with Gasteiger partial charge in [-0.05, 0) is 30.2 Å². The number of aliphatic hydroxyl groups is 1. The zero-order valence-corrected chi connectivity index (χ0v) is 13.4. The number of para-hydroxylation sites is 1. The van der Waals surface area contributed by atoms with Crippen LogP contribution in [0.1, 0.15) is 18.9 Å². The number of pyridine rings is 1. The summed E-state index contributed by atoms with van der Waals surface area (Å²) in [7, 11) is 0. The lowest BCUT2D eigenvalue weighted by atomic mass is 10.1. The van der Waals surface area contributed by atoms with Crippen molar-refractivity contribution >= 4 is 11.6 Å². The van der Waals surface area contributed by atoms with Crippen LogP contribution in [0.4, 0.5) is 5.69 Å². The Morgan fingerprint density at radius 1 is 1.26 bits per heavy atom. The fourth-order valence-electron chi connectivity index (χ4n) is 2.41. The number of carbonyl (C=O) groups is 1. The van der Waals surface area contributed by atoms with Crippen molar-refractivity contribution in [1.29, 1.82) is 0 Å². The average Bonchev–Trinajstić information content (AvgIpc) is 2.62. The smallest absolute Gasteiger partial charge is 0.239 e. The van der Waals surface area contributed by atoms with Crippen LogP contribution in [0.5, 0.6) is 0 Å². The molecule has 0 aliphatic carbocycles. The topological polar surface area (TPSA) is 65.5 Å². The third kappa shape index (κ3) is 5.07. The first kappa shape index (κ1) is 17.0. The maximum Gasteiger partial charge on any atom is 0.239 e. The van der Waals surface area contributed by atoms with Gasteiger partial charge in [0.05, 0.1) is 19.2 Å². The van der Waals surface area contributed by atoms with Crippen LogP contribution in [0.3, 0.4) is 0 Å². The molecule has 2 N–H and O–H groups in total. The molecule has 122 valence electrons. The van der Waals surface area contributed by atoms with E-state index in [0.717, 1.165) is 17.7 Å². The molecule has 5 heteroatoms. The summed E-state index contributed by atoms with van der Waals surface area (Å²) in [6.07, 6.45) is 4.20. The number of benzene rings is 1. The third-order valence-electron chi connectivity index (χ3n) is 3.74. The van der Waals surface area contributed by atoms with Crippen molar-refractivity contribution in [3.05, 3.63) is 60.4 Å². The second kappa shape index (κ2) is 8.90. The Bertz CT molecular complexity index is 586. The molecular formula is C18H23N3O2. The predicted molar refractivity (Wildman–Crippen MR) is 91.0 cm³/mol. The summed E-state index contributed by atoms with van der Waals surface area (Å²) in [5, 5.41) is 12.5. The molecule has 0 aliphatic heterocycles. The second-order valence-corrected chi connectivity index (χ2v) is 5.35. The molecule has 0 bridgehead atoms. The van der Waals surface area contributed by atoms with E-state index in [1.807, 2.05) is 54.3 Å². The molecule has 1 aromatic carbocycles. The molecule has 5 nitrogen and oxygen atoms in total. The Labute approximate surface area is 137 Å². The summed E-state index contributed by atoms with van der Waals surface area (Å²) in [6, 6.07) is 13.4. The van der Waals surface area contributed by atoms with Crippen LogP contribution in [0.2, 0.25) is 0 Å². The Morgan fingerprint density at radius 3 is 2.65 bits per heavy atom. The van der Waals surface area contributed by atoms with Gasteiger partial charge < -0.3 is 15.3 Å². The summed E-state index contributed by atoms with van der Waals surface area (Å²) in [5.41, 5.74) is 1.89. The van der Waals surface area contributed by atoms with E-state index in [-0.39, 0.29) is 25.1 Å². The number of aromatic nitrogens is 1. The van der Waals surface area contributed by atoms with Crippen molar-refractivity contribution < 1.29 is 9.90 Å². The minimum atomic E-state index is -0.0819. The molecular weight excluding hydrogens is 290 g/mol. The summed E-state index contributed by atoms with van der Waals surface area (Å²) < 4.78 is 0. The fraction of sp³-hybridized carbons (Fsp3) is 0.333. The van der Waals surface area contributed by atoms with Gasteiger partial charge in [-0.25, -0.2) is 0 Å². The quantitative estimate of drug-likeness (QED) is 0.782. The molecule has 1 aromatic heterocycles. The van der Waals surface area contributed by atoms with E-state index >= 15 is 0 Å². The number of hydrogen-bond donors (Lipinski definition) is 2. The molecule has 1 heterocycles. The number of nitrogens with zero attached hydrogens (tertiary/aromatic N) is 2. The largest absolute Gasteiger partial charge is 0.394 e. The third-order valence-corrected chi connectivity index (χ3v) is 3.74. The van der Waals surface area contributed by atoms with Gasteiger partial charge in [-0.3, -0.25) is 9.78 Å². The highest BCUT2D eigenvalue weighted by molar-refractivity contribution is 5.81. The second-order valence-electron chi connectivity index (χ2n) is 5.35. The van der Waals surface area contributed by atoms with Gasteiger partial charge in [0.15, 0.2) is 0 Å². The van der Waals surface area contributed by atoms with Crippen LogP contribution in [-0.4, -0.2) is 35.2 Å². The Balaban J connectivity index is 2.01. The van der Waals surface area contributed by atoms with Gasteiger partial charge in [0.25, 0.3) is 0 Å². The minimum Gasteiger partial charge on any atom is -0.394 e. The van der Waals surface area contributed by atoms with Crippen LogP contribution in [0, 0.1) is 0 Å². The molecule has 0 saturated carbocycles. The lowest BCUT2D eigenvalue weighted by Gasteiger charge is -2.31. The predicted octanol–water partition coefficient (Wildman–Crippen LogP) is 1.98. The summed E-state index contributed by atoms with van der Waals surface area (Å²) in [4.78, 5) is 18.3. The highest BCUT2D eigenvalue weighted by atomic mass is 16.3. The monoisotopic (exact) mass is 313 g/mol. The number of rotatable bonds is 8. The highest BCUT2D eigenvalue weighted by Crippen LogP contribution is 2.17. The van der Waals surface area contributed by atoms with Crippen molar-refractivity contribution in [2.24, 2.45) is 0 Å². The van der Waals surface area contributed by atoms with Gasteiger partial charge in [-0.15, -0.1) is 0 Å². The summed E-state index contributed by atoms with van der Waals surface area (Å²) in [5.74, 6) is -0.0791. The molecule has 1 unspecified atom stereocenters. The van der Waals surface area contributed by atoms with E-state index in [2.05, 4.69) is 10.3 Å². The summed E-state index contributed by atoms with van der Waals surface area (Å²) >= 11 is 0. The normalized spacial score (nSPS) is 11.7. The van der Waals surface area contributed by atoms with Crippen LogP contribution < -0.4 is 10.2 Å². The summed E-state index contributed by atoms with van der Waals surface area (Å²) in [6.45, 7) is 2.68. The number of carbonyl (C=O) groups excluding carboxylic acids is 1. The van der Waals surface area contributed by atoms with Crippen molar-refractivity contribution in [2.45, 2.75) is 25.9 Å². The van der Waals surface area contributed by atoms with Gasteiger partial charge in [0.2, 0.25) is 5.91 Å². The Hall–Kier alpha value is -2.40. The molecule has 0 saturated heterocycles. The molecule has 0 aliphatic rings. The SMILES string of the molecule is CCC(CO)N(CC(=O)NCc1cccnc1)c1ccccc1. The van der Waals surface area contributed by atoms with E-state index in [0.29, 0.717) is 6.54 Å². The minimum absolute atomic E-state index is 0.0152. The number of hydrogen-bond acceptors (Lipinski definition) is 4. The van der Waals surface area contributed by atoms with E-state index in [1.165, 1.54) is 0 Å². The first-order valence-corrected chi connectivity index (χ1v) is 7.82. The van der Waals surface area contributed by atoms with Gasteiger partial charge in [-0.1, -0.05) is 31.2 Å². The van der Waals surface area contributed by atoms with E-state index < -0.39 is 0 Å². The molecule has 2 aromatic rings. The standard InChI is InChI=1S/C18H23N3O2/c1-2-16(14-22)21(17-8-4-3-5-9-17)13-18(23)20-12-15-7-6-10-19-11-15/h3-11,16,22H,2,12-14H2,1H3,(H,20,23). The van der Waals surface area contributed by atoms with Crippen molar-refractivity contribution in [1.82, 2.24) is 10.3 Å². The first-order chi connectivity index (χ1) is 11.2. The molecule has 0 spiro atoms. The van der Waals surface area contributed by atoms with Crippen LogP contribution in [0.15, 0.2) is 54.9 Å². The number of nitrogens with one attached hydrogen (secondary N) is 1. The van der Waals surface area contributed by atoms with Gasteiger partial charge in [0, 0.05) is 24.6 Å². The zero-order chi connectivity index (χ0) is 16.5. The zero-order valence-electron chi connectivity index (χ0n) is 13.4. The Kier molecular flexibility index (Phi) is 6.56. The van der Waals surface area contributed by atoms with E-state index in [9.17, 15) is 9.90 Å². The van der Waals surface area contributed by atoms with Crippen molar-refractivity contribution in [2.75, 3.05) is 18.1 Å². The lowest BCUT2D eigenvalue weighted by Crippen LogP contribution is -2.44. The molecule has 0 radical (unpaired) electrons. The Morgan fingerprint density at radius 2 is 2.04 bits per heavy atom. The van der Waals surface area contributed by atoms with Crippen molar-refractivity contribution in [3.63, 3.8) is 0 Å². The van der Waals surface area contributed by atoms with Crippen LogP contribution in [-0.2, 0) is 11.3 Å². The maximum absolute atomic E-state index is 12.3. The highest BCUT2D eigenvalue weighted by Gasteiger charge is 2.19. The average molecular weight is 313 g/mol. The molecule has 1 atom stereocenters. The molecule has 1 amide bonds. The number of anilines is 1. The van der Waals surface area contributed by atoms with E-state index in [1.54, 1.807) is 12.4 Å². The van der Waals surface area contributed by atoms with Crippen LogP contribution >= 0.6 is 0 Å². The molecule has 23 heavy (non-hydrogen) atoms. The molecule has 0 fully saturated rings. The van der Waals surface area contributed by atoms with Gasteiger partial charge >= 0.3 is 0 Å². The van der Waals surface area contributed by atoms with Gasteiger partial charge in [0.1, 0.15) is 0 Å². The number of aliphatic hydroxyl groups excluding tert-OH is 1. The fourth-order valence-corrected chi connectivity index (χ4v) is 2.41. The first-order valence-electron chi connectivity index (χ1n) is 7.82. The lowest BCUT2D eigenvalue weighted by molar-refractivity contribution is -0.120. The maximum atomic E-state index is 12.3. The number of amides is 1. The molecule has 2 rings (SSSR count). The van der Waals surface area contributed by atoms with Gasteiger partial charge in [-0.2, -0.15) is 0 Å². The van der Waals surface area contributed by atoms with E-state index in [4.69, 9.17) is 0 Å². The van der Waals surface area contributed by atoms with Crippen molar-refractivity contribution in [3.8, 4) is 0 Å².